The second kappa shape index (κ2) is 12.7. The number of benzene rings is 3. The zero-order chi connectivity index (χ0) is 29.6. The number of halogens is 2. The fourth-order valence-corrected chi connectivity index (χ4v) is 5.62. The molecule has 0 fully saturated rings. The topological polar surface area (TPSA) is 119 Å². The predicted octanol–water partition coefficient (Wildman–Crippen LogP) is 7.36. The minimum Gasteiger partial charge on any atom is -0.439 e. The summed E-state index contributed by atoms with van der Waals surface area (Å²) in [6, 6.07) is 23.6. The quantitative estimate of drug-likeness (QED) is 0.124. The standard InChI is InChI=1S/C30H20Cl2N4O4S/c1-35-25(19-34)30(21-8-5-9-23(31)16-21)22(18-33)10-13-29-36(26-17-24(32)11-12-27(26)40-29)15-14-28(41(37,38)39)20-6-3-2-4-7-20/h2-13,16-17,28H,14-15H2,(H,37,38,39)/b22-10+,29-13-,30-25+. The van der Waals surface area contributed by atoms with Crippen LogP contribution in [0.3, 0.4) is 0 Å². The van der Waals surface area contributed by atoms with Crippen LogP contribution < -0.4 is 9.64 Å². The van der Waals surface area contributed by atoms with Crippen molar-refractivity contribution in [2.45, 2.75) is 11.7 Å². The van der Waals surface area contributed by atoms with E-state index in [1.165, 1.54) is 12.2 Å². The smallest absolute Gasteiger partial charge is 0.272 e. The van der Waals surface area contributed by atoms with Crippen molar-refractivity contribution in [2.75, 3.05) is 11.4 Å². The molecule has 3 aromatic carbocycles. The number of ether oxygens (including phenoxy) is 1. The molecule has 41 heavy (non-hydrogen) atoms. The molecule has 0 bridgehead atoms. The number of nitrogens with zero attached hydrogens (tertiary/aromatic N) is 4. The Morgan fingerprint density at radius 1 is 1.05 bits per heavy atom. The highest BCUT2D eigenvalue weighted by molar-refractivity contribution is 7.86. The van der Waals surface area contributed by atoms with Gasteiger partial charge in [-0.25, -0.2) is 10.1 Å². The van der Waals surface area contributed by atoms with Crippen molar-refractivity contribution >= 4 is 44.6 Å². The molecule has 1 heterocycles. The van der Waals surface area contributed by atoms with Gasteiger partial charge in [0.05, 0.1) is 30.0 Å². The van der Waals surface area contributed by atoms with E-state index in [-0.39, 0.29) is 35.7 Å². The average Bonchev–Trinajstić information content (AvgIpc) is 3.29. The second-order valence-corrected chi connectivity index (χ2v) is 11.2. The molecule has 3 aromatic rings. The first-order valence-electron chi connectivity index (χ1n) is 12.0. The van der Waals surface area contributed by atoms with Crippen molar-refractivity contribution in [1.82, 2.24) is 0 Å². The van der Waals surface area contributed by atoms with Crippen molar-refractivity contribution < 1.29 is 17.7 Å². The summed E-state index contributed by atoms with van der Waals surface area (Å²) in [7, 11) is -4.45. The molecule has 0 aromatic heterocycles. The first-order chi connectivity index (χ1) is 19.7. The van der Waals surface area contributed by atoms with Crippen molar-refractivity contribution in [3.8, 4) is 17.9 Å². The van der Waals surface area contributed by atoms with E-state index in [4.69, 9.17) is 34.5 Å². The zero-order valence-electron chi connectivity index (χ0n) is 21.2. The summed E-state index contributed by atoms with van der Waals surface area (Å²) in [5.41, 5.74) is 1.21. The molecule has 1 N–H and O–H groups in total. The molecule has 0 spiro atoms. The number of hydrogen-bond donors (Lipinski definition) is 1. The number of anilines is 1. The third kappa shape index (κ3) is 6.78. The molecule has 1 unspecified atom stereocenters. The van der Waals surface area contributed by atoms with Crippen LogP contribution in [0.15, 0.2) is 102 Å². The fraction of sp³-hybridized carbons (Fsp3) is 0.100. The summed E-state index contributed by atoms with van der Waals surface area (Å²) >= 11 is 12.4. The Morgan fingerprint density at radius 2 is 1.78 bits per heavy atom. The molecule has 0 amide bonds. The van der Waals surface area contributed by atoms with Gasteiger partial charge in [-0.15, -0.1) is 0 Å². The number of hydrogen-bond acceptors (Lipinski definition) is 6. The second-order valence-electron chi connectivity index (χ2n) is 8.72. The monoisotopic (exact) mass is 602 g/mol. The van der Waals surface area contributed by atoms with Gasteiger partial charge >= 0.3 is 0 Å². The molecule has 11 heteroatoms. The van der Waals surface area contributed by atoms with Crippen LogP contribution in [0.5, 0.6) is 5.75 Å². The number of allylic oxidation sites excluding steroid dienone is 5. The van der Waals surface area contributed by atoms with E-state index >= 15 is 0 Å². The van der Waals surface area contributed by atoms with E-state index in [0.717, 1.165) is 0 Å². The summed E-state index contributed by atoms with van der Waals surface area (Å²) < 4.78 is 40.6. The first-order valence-corrected chi connectivity index (χ1v) is 14.3. The third-order valence-corrected chi connectivity index (χ3v) is 7.89. The average molecular weight is 603 g/mol. The van der Waals surface area contributed by atoms with Gasteiger partial charge in [0.15, 0.2) is 5.75 Å². The minimum absolute atomic E-state index is 0.00459. The number of rotatable bonds is 8. The van der Waals surface area contributed by atoms with Crippen LogP contribution in [0, 0.1) is 29.2 Å². The highest BCUT2D eigenvalue weighted by Gasteiger charge is 2.31. The van der Waals surface area contributed by atoms with Crippen LogP contribution >= 0.6 is 23.2 Å². The van der Waals surface area contributed by atoms with Crippen molar-refractivity contribution in [3.63, 3.8) is 0 Å². The van der Waals surface area contributed by atoms with E-state index in [1.54, 1.807) is 77.7 Å². The largest absolute Gasteiger partial charge is 0.439 e. The lowest BCUT2D eigenvalue weighted by Crippen LogP contribution is -2.25. The maximum Gasteiger partial charge on any atom is 0.272 e. The van der Waals surface area contributed by atoms with Crippen LogP contribution in [-0.4, -0.2) is 19.5 Å². The lowest BCUT2D eigenvalue weighted by Gasteiger charge is -2.21. The summed E-state index contributed by atoms with van der Waals surface area (Å²) in [5.74, 6) is 0.684. The molecule has 0 aliphatic carbocycles. The van der Waals surface area contributed by atoms with Crippen LogP contribution in [0.25, 0.3) is 10.4 Å². The van der Waals surface area contributed by atoms with Crippen LogP contribution in [-0.2, 0) is 10.1 Å². The van der Waals surface area contributed by atoms with Gasteiger partial charge in [0.2, 0.25) is 5.88 Å². The van der Waals surface area contributed by atoms with Gasteiger partial charge in [-0.1, -0.05) is 65.7 Å². The van der Waals surface area contributed by atoms with Crippen molar-refractivity contribution in [1.29, 1.82) is 10.5 Å². The molecular formula is C30H20Cl2N4O4S. The Bertz CT molecular complexity index is 1800. The highest BCUT2D eigenvalue weighted by Crippen LogP contribution is 2.42. The number of nitriles is 2. The molecule has 1 aliphatic heterocycles. The molecular weight excluding hydrogens is 583 g/mol. The van der Waals surface area contributed by atoms with Gasteiger partial charge in [0.25, 0.3) is 15.8 Å². The molecule has 0 saturated heterocycles. The Labute approximate surface area is 247 Å². The summed E-state index contributed by atoms with van der Waals surface area (Å²) in [6.45, 7) is 7.56. The van der Waals surface area contributed by atoms with Crippen LogP contribution in [0.2, 0.25) is 10.0 Å². The fourth-order valence-electron chi connectivity index (χ4n) is 4.36. The molecule has 204 valence electrons. The van der Waals surface area contributed by atoms with E-state index in [9.17, 15) is 23.5 Å². The molecule has 4 rings (SSSR count). The Morgan fingerprint density at radius 3 is 2.41 bits per heavy atom. The maximum absolute atomic E-state index is 12.3. The third-order valence-electron chi connectivity index (χ3n) is 6.19. The maximum atomic E-state index is 12.3. The lowest BCUT2D eigenvalue weighted by atomic mass is 9.96. The highest BCUT2D eigenvalue weighted by atomic mass is 35.5. The predicted molar refractivity (Wildman–Crippen MR) is 157 cm³/mol. The van der Waals surface area contributed by atoms with E-state index in [2.05, 4.69) is 4.85 Å². The van der Waals surface area contributed by atoms with Gasteiger partial charge in [0.1, 0.15) is 5.25 Å². The molecule has 1 atom stereocenters. The normalized spacial score (nSPS) is 15.2. The van der Waals surface area contributed by atoms with Gasteiger partial charge in [-0.2, -0.15) is 13.7 Å². The Kier molecular flexibility index (Phi) is 9.14. The molecule has 0 saturated carbocycles. The number of fused-ring (bicyclic) bond motifs is 1. The van der Waals surface area contributed by atoms with Crippen LogP contribution in [0.4, 0.5) is 5.69 Å². The molecule has 0 radical (unpaired) electrons. The summed E-state index contributed by atoms with van der Waals surface area (Å²) in [4.78, 5) is 4.97. The van der Waals surface area contributed by atoms with E-state index in [0.29, 0.717) is 32.6 Å². The Balaban J connectivity index is 1.77. The van der Waals surface area contributed by atoms with Gasteiger partial charge < -0.3 is 9.64 Å². The lowest BCUT2D eigenvalue weighted by molar-refractivity contribution is 0.433. The van der Waals surface area contributed by atoms with Crippen LogP contribution in [0.1, 0.15) is 22.8 Å². The summed E-state index contributed by atoms with van der Waals surface area (Å²) in [5, 5.41) is 19.2. The SMILES string of the molecule is [C-]#[N+]/C(C#N)=C(/C(C#N)=C/C=C1\Oc2ccc(Cl)cc2N1CCC(c1ccccc1)S(=O)(=O)O)c1cccc(Cl)c1. The molecule has 8 nitrogen and oxygen atoms in total. The summed E-state index contributed by atoms with van der Waals surface area (Å²) in [6.07, 6.45) is 2.89. The zero-order valence-corrected chi connectivity index (χ0v) is 23.5. The minimum atomic E-state index is -4.45. The van der Waals surface area contributed by atoms with Gasteiger partial charge in [0, 0.05) is 28.2 Å². The first kappa shape index (κ1) is 29.4. The van der Waals surface area contributed by atoms with E-state index < -0.39 is 15.4 Å². The van der Waals surface area contributed by atoms with Gasteiger partial charge in [-0.3, -0.25) is 4.55 Å². The van der Waals surface area contributed by atoms with E-state index in [1.807, 2.05) is 12.1 Å². The van der Waals surface area contributed by atoms with Gasteiger partial charge in [-0.05, 0) is 54.0 Å². The Hall–Kier alpha value is -4.56. The molecule has 1 aliphatic rings. The van der Waals surface area contributed by atoms with Crippen molar-refractivity contribution in [3.05, 3.63) is 135 Å². The van der Waals surface area contributed by atoms with Crippen molar-refractivity contribution in [2.24, 2.45) is 0 Å².